The Morgan fingerprint density at radius 1 is 1.32 bits per heavy atom. The third kappa shape index (κ3) is 2.45. The van der Waals surface area contributed by atoms with Gasteiger partial charge in [-0.1, -0.05) is 19.3 Å². The highest BCUT2D eigenvalue weighted by Gasteiger charge is 2.17. The molecule has 1 amide bonds. The summed E-state index contributed by atoms with van der Waals surface area (Å²) in [5.41, 5.74) is 2.56. The molecule has 6 nitrogen and oxygen atoms in total. The van der Waals surface area contributed by atoms with E-state index in [-0.39, 0.29) is 12.3 Å². The number of pyridine rings is 1. The molecule has 0 bridgehead atoms. The van der Waals surface area contributed by atoms with Crippen molar-refractivity contribution < 1.29 is 4.79 Å². The largest absolute Gasteiger partial charge is 0.353 e. The van der Waals surface area contributed by atoms with Crippen molar-refractivity contribution in [1.29, 1.82) is 0 Å². The molecule has 0 atom stereocenters. The van der Waals surface area contributed by atoms with E-state index in [4.69, 9.17) is 0 Å². The lowest BCUT2D eigenvalue weighted by atomic mass is 9.95. The number of carbonyl (C=O) groups is 1. The van der Waals surface area contributed by atoms with Gasteiger partial charge in [-0.25, -0.2) is 9.97 Å². The number of rotatable bonds is 3. The molecular formula is C16H19N5O. The number of H-pyrrole nitrogens is 2. The highest BCUT2D eigenvalue weighted by atomic mass is 16.1. The van der Waals surface area contributed by atoms with Gasteiger partial charge in [-0.2, -0.15) is 0 Å². The van der Waals surface area contributed by atoms with Crippen LogP contribution >= 0.6 is 0 Å². The highest BCUT2D eigenvalue weighted by Crippen LogP contribution is 2.21. The van der Waals surface area contributed by atoms with E-state index in [1.54, 1.807) is 6.20 Å². The van der Waals surface area contributed by atoms with Crippen molar-refractivity contribution in [3.05, 3.63) is 24.3 Å². The molecule has 0 aliphatic heterocycles. The number of nitrogens with zero attached hydrogens (tertiary/aromatic N) is 2. The van der Waals surface area contributed by atoms with Gasteiger partial charge in [0, 0.05) is 17.6 Å². The van der Waals surface area contributed by atoms with Crippen LogP contribution in [0.1, 0.15) is 37.9 Å². The third-order valence-electron chi connectivity index (χ3n) is 4.39. The number of carbonyl (C=O) groups excluding carboxylic acids is 1. The second-order valence-corrected chi connectivity index (χ2v) is 6.02. The molecule has 0 saturated heterocycles. The van der Waals surface area contributed by atoms with Gasteiger partial charge in [0.2, 0.25) is 5.91 Å². The van der Waals surface area contributed by atoms with E-state index < -0.39 is 0 Å². The first-order valence-electron chi connectivity index (χ1n) is 7.89. The zero-order chi connectivity index (χ0) is 14.9. The molecular weight excluding hydrogens is 278 g/mol. The van der Waals surface area contributed by atoms with E-state index >= 15 is 0 Å². The SMILES string of the molecule is O=C(Cc1nc2cnc3[nH]ccc3c2[nH]1)NC1CCCCC1. The van der Waals surface area contributed by atoms with Gasteiger partial charge in [0.05, 0.1) is 18.1 Å². The standard InChI is InChI=1S/C16H19N5O/c22-14(19-10-4-2-1-3-5-10)8-13-20-12-9-18-16-11(6-7-17-16)15(12)21-13/h6-7,9-10H,1-5,8H2,(H,17,18)(H,19,22)(H,20,21). The smallest absolute Gasteiger partial charge is 0.227 e. The number of hydrogen-bond acceptors (Lipinski definition) is 3. The zero-order valence-corrected chi connectivity index (χ0v) is 12.4. The quantitative estimate of drug-likeness (QED) is 0.694. The fraction of sp³-hybridized carbons (Fsp3) is 0.438. The average Bonchev–Trinajstić information content (AvgIpc) is 3.12. The molecule has 3 aromatic heterocycles. The number of fused-ring (bicyclic) bond motifs is 3. The fourth-order valence-electron chi connectivity index (χ4n) is 3.29. The second kappa shape index (κ2) is 5.44. The molecule has 1 fully saturated rings. The molecule has 3 N–H and O–H groups in total. The van der Waals surface area contributed by atoms with Crippen molar-refractivity contribution in [2.45, 2.75) is 44.6 Å². The maximum absolute atomic E-state index is 12.2. The lowest BCUT2D eigenvalue weighted by Crippen LogP contribution is -2.37. The molecule has 0 aromatic carbocycles. The van der Waals surface area contributed by atoms with E-state index in [2.05, 4.69) is 25.3 Å². The van der Waals surface area contributed by atoms with Crippen LogP contribution in [0.5, 0.6) is 0 Å². The Morgan fingerprint density at radius 2 is 2.18 bits per heavy atom. The average molecular weight is 297 g/mol. The highest BCUT2D eigenvalue weighted by molar-refractivity contribution is 6.00. The summed E-state index contributed by atoms with van der Waals surface area (Å²) in [5, 5.41) is 4.13. The first-order valence-corrected chi connectivity index (χ1v) is 7.89. The normalized spacial score (nSPS) is 16.4. The summed E-state index contributed by atoms with van der Waals surface area (Å²) >= 11 is 0. The number of aromatic amines is 2. The Balaban J connectivity index is 1.52. The van der Waals surface area contributed by atoms with Crippen molar-refractivity contribution >= 4 is 28.0 Å². The third-order valence-corrected chi connectivity index (χ3v) is 4.39. The molecule has 4 rings (SSSR count). The van der Waals surface area contributed by atoms with E-state index in [1.165, 1.54) is 19.3 Å². The lowest BCUT2D eigenvalue weighted by Gasteiger charge is -2.22. The van der Waals surface area contributed by atoms with Crippen LogP contribution in [-0.2, 0) is 11.2 Å². The van der Waals surface area contributed by atoms with Gasteiger partial charge >= 0.3 is 0 Å². The molecule has 3 aromatic rings. The van der Waals surface area contributed by atoms with Crippen LogP contribution in [0.3, 0.4) is 0 Å². The predicted octanol–water partition coefficient (Wildman–Crippen LogP) is 2.43. The van der Waals surface area contributed by atoms with Gasteiger partial charge in [0.1, 0.15) is 17.0 Å². The molecule has 6 heteroatoms. The predicted molar refractivity (Wildman–Crippen MR) is 84.5 cm³/mol. The lowest BCUT2D eigenvalue weighted by molar-refractivity contribution is -0.121. The van der Waals surface area contributed by atoms with Gasteiger partial charge in [-0.15, -0.1) is 0 Å². The minimum Gasteiger partial charge on any atom is -0.353 e. The first kappa shape index (κ1) is 13.3. The van der Waals surface area contributed by atoms with E-state index in [0.717, 1.165) is 34.9 Å². The summed E-state index contributed by atoms with van der Waals surface area (Å²) in [6.07, 6.45) is 9.78. The Morgan fingerprint density at radius 3 is 3.05 bits per heavy atom. The van der Waals surface area contributed by atoms with Gasteiger partial charge in [-0.3, -0.25) is 4.79 Å². The number of aromatic nitrogens is 4. The fourth-order valence-corrected chi connectivity index (χ4v) is 3.29. The van der Waals surface area contributed by atoms with Gasteiger partial charge in [0.25, 0.3) is 0 Å². The topological polar surface area (TPSA) is 86.5 Å². The number of amides is 1. The van der Waals surface area contributed by atoms with E-state index in [0.29, 0.717) is 11.9 Å². The molecule has 0 spiro atoms. The summed E-state index contributed by atoms with van der Waals surface area (Å²) in [5.74, 6) is 0.739. The Hall–Kier alpha value is -2.37. The summed E-state index contributed by atoms with van der Waals surface area (Å²) in [6.45, 7) is 0. The molecule has 0 radical (unpaired) electrons. The van der Waals surface area contributed by atoms with Crippen molar-refractivity contribution in [1.82, 2.24) is 25.3 Å². The monoisotopic (exact) mass is 297 g/mol. The van der Waals surface area contributed by atoms with Gasteiger partial charge in [-0.05, 0) is 18.9 Å². The van der Waals surface area contributed by atoms with Crippen LogP contribution in [0.25, 0.3) is 22.1 Å². The van der Waals surface area contributed by atoms with Crippen molar-refractivity contribution in [3.63, 3.8) is 0 Å². The summed E-state index contributed by atoms with van der Waals surface area (Å²) in [6, 6.07) is 2.30. The van der Waals surface area contributed by atoms with Crippen LogP contribution in [-0.4, -0.2) is 31.9 Å². The Bertz CT molecular complexity index is 812. The molecule has 1 aliphatic rings. The first-order chi connectivity index (χ1) is 10.8. The Kier molecular flexibility index (Phi) is 3.29. The van der Waals surface area contributed by atoms with E-state index in [1.807, 2.05) is 12.3 Å². The second-order valence-electron chi connectivity index (χ2n) is 6.02. The van der Waals surface area contributed by atoms with Crippen molar-refractivity contribution in [2.24, 2.45) is 0 Å². The van der Waals surface area contributed by atoms with Crippen molar-refractivity contribution in [2.75, 3.05) is 0 Å². The van der Waals surface area contributed by atoms with Crippen LogP contribution in [0, 0.1) is 0 Å². The minimum atomic E-state index is 0.0456. The number of hydrogen-bond donors (Lipinski definition) is 3. The number of nitrogens with one attached hydrogen (secondary N) is 3. The van der Waals surface area contributed by atoms with Crippen LogP contribution < -0.4 is 5.32 Å². The van der Waals surface area contributed by atoms with Crippen molar-refractivity contribution in [3.8, 4) is 0 Å². The molecule has 3 heterocycles. The van der Waals surface area contributed by atoms with Gasteiger partial charge in [0.15, 0.2) is 0 Å². The summed E-state index contributed by atoms with van der Waals surface area (Å²) < 4.78 is 0. The molecule has 22 heavy (non-hydrogen) atoms. The van der Waals surface area contributed by atoms with Gasteiger partial charge < -0.3 is 15.3 Å². The van der Waals surface area contributed by atoms with Crippen LogP contribution in [0.4, 0.5) is 0 Å². The van der Waals surface area contributed by atoms with Crippen LogP contribution in [0.15, 0.2) is 18.5 Å². The molecule has 1 aliphatic carbocycles. The van der Waals surface area contributed by atoms with Crippen LogP contribution in [0.2, 0.25) is 0 Å². The maximum atomic E-state index is 12.2. The zero-order valence-electron chi connectivity index (χ0n) is 12.4. The maximum Gasteiger partial charge on any atom is 0.227 e. The molecule has 114 valence electrons. The summed E-state index contributed by atoms with van der Waals surface area (Å²) in [4.78, 5) is 27.3. The molecule has 0 unspecified atom stereocenters. The number of imidazole rings is 1. The minimum absolute atomic E-state index is 0.0456. The molecule has 1 saturated carbocycles. The Labute approximate surface area is 127 Å². The van der Waals surface area contributed by atoms with E-state index in [9.17, 15) is 4.79 Å². The summed E-state index contributed by atoms with van der Waals surface area (Å²) in [7, 11) is 0.